The third-order valence-corrected chi connectivity index (χ3v) is 7.42. The van der Waals surface area contributed by atoms with Crippen LogP contribution in [0.2, 0.25) is 0 Å². The van der Waals surface area contributed by atoms with E-state index in [1.165, 1.54) is 0 Å². The zero-order chi connectivity index (χ0) is 29.9. The molecule has 2 amide bonds. The van der Waals surface area contributed by atoms with Gasteiger partial charge in [-0.05, 0) is 66.6 Å². The van der Waals surface area contributed by atoms with Gasteiger partial charge < -0.3 is 24.6 Å². The highest BCUT2D eigenvalue weighted by atomic mass is 16.7. The topological polar surface area (TPSA) is 102 Å². The average molecular weight is 577 g/mol. The van der Waals surface area contributed by atoms with Gasteiger partial charge in [-0.1, -0.05) is 53.2 Å². The summed E-state index contributed by atoms with van der Waals surface area (Å²) in [5, 5.41) is 11.5. The molecule has 10 heteroatoms. The summed E-state index contributed by atoms with van der Waals surface area (Å²) < 4.78 is 12.7. The molecule has 43 heavy (non-hydrogen) atoms. The quantitative estimate of drug-likeness (QED) is 0.265. The highest BCUT2D eigenvalue weighted by Gasteiger charge is 2.33. The molecule has 4 aromatic carbocycles. The largest absolute Gasteiger partial charge is 0.454 e. The van der Waals surface area contributed by atoms with Gasteiger partial charge in [0.2, 0.25) is 12.7 Å². The molecule has 0 bridgehead atoms. The number of fused-ring (bicyclic) bond motifs is 2. The van der Waals surface area contributed by atoms with Crippen molar-refractivity contribution < 1.29 is 19.1 Å². The van der Waals surface area contributed by atoms with Crippen LogP contribution in [0.15, 0.2) is 91.0 Å². The van der Waals surface area contributed by atoms with Crippen molar-refractivity contribution in [1.29, 1.82) is 0 Å². The van der Waals surface area contributed by atoms with Crippen LogP contribution in [-0.4, -0.2) is 52.6 Å². The Morgan fingerprint density at radius 1 is 0.930 bits per heavy atom. The number of ether oxygens (including phenoxy) is 2. The average Bonchev–Trinajstić information content (AvgIpc) is 3.65. The van der Waals surface area contributed by atoms with E-state index in [4.69, 9.17) is 9.47 Å². The molecule has 0 saturated heterocycles. The number of aryl methyl sites for hydroxylation is 1. The Kier molecular flexibility index (Phi) is 7.65. The Bertz CT molecular complexity index is 1770. The number of rotatable bonds is 9. The van der Waals surface area contributed by atoms with Crippen LogP contribution in [0.25, 0.3) is 11.0 Å². The lowest BCUT2D eigenvalue weighted by Gasteiger charge is -2.32. The Labute approximate surface area is 249 Å². The monoisotopic (exact) mass is 576 g/mol. The van der Waals surface area contributed by atoms with E-state index >= 15 is 0 Å². The van der Waals surface area contributed by atoms with Crippen LogP contribution in [0.1, 0.15) is 22.7 Å². The summed E-state index contributed by atoms with van der Waals surface area (Å²) in [4.78, 5) is 32.0. The van der Waals surface area contributed by atoms with Crippen molar-refractivity contribution >= 4 is 34.2 Å². The second kappa shape index (κ2) is 11.8. The van der Waals surface area contributed by atoms with E-state index in [-0.39, 0.29) is 31.7 Å². The number of carbonyl (C=O) groups is 2. The summed E-state index contributed by atoms with van der Waals surface area (Å²) in [6.07, 6.45) is 0. The first-order valence-electron chi connectivity index (χ1n) is 14.0. The maximum atomic E-state index is 14.2. The molecule has 5 aromatic rings. The first-order chi connectivity index (χ1) is 20.9. The molecule has 2 heterocycles. The summed E-state index contributed by atoms with van der Waals surface area (Å²) in [7, 11) is 3.91. The standard InChI is InChI=1S/C33H32N6O4/c1-22-8-10-23(11-9-22)19-38(31(40)20-39-28-7-5-4-6-27(28)35-36-39)32(24-12-17-29-30(18-24)43-21-42-29)33(41)34-25-13-15-26(16-14-25)37(2)3/h4-18,32H,19-21H2,1-3H3,(H,34,41). The summed E-state index contributed by atoms with van der Waals surface area (Å²) in [6.45, 7) is 2.20. The normalized spacial score (nSPS) is 12.6. The van der Waals surface area contributed by atoms with Crippen molar-refractivity contribution in [3.63, 3.8) is 0 Å². The van der Waals surface area contributed by atoms with Gasteiger partial charge in [0.05, 0.1) is 5.52 Å². The van der Waals surface area contributed by atoms with E-state index in [0.717, 1.165) is 22.3 Å². The smallest absolute Gasteiger partial charge is 0.251 e. The van der Waals surface area contributed by atoms with Gasteiger partial charge in [-0.25, -0.2) is 4.68 Å². The Balaban J connectivity index is 1.40. The predicted molar refractivity (Wildman–Crippen MR) is 164 cm³/mol. The van der Waals surface area contributed by atoms with E-state index in [9.17, 15) is 9.59 Å². The van der Waals surface area contributed by atoms with Crippen LogP contribution in [0.4, 0.5) is 11.4 Å². The van der Waals surface area contributed by atoms with Crippen LogP contribution in [-0.2, 0) is 22.7 Å². The first kappa shape index (κ1) is 27.8. The molecule has 1 unspecified atom stereocenters. The van der Waals surface area contributed by atoms with Gasteiger partial charge in [0.15, 0.2) is 11.5 Å². The lowest BCUT2D eigenvalue weighted by Crippen LogP contribution is -2.42. The molecule has 6 rings (SSSR count). The Morgan fingerprint density at radius 3 is 2.44 bits per heavy atom. The summed E-state index contributed by atoms with van der Waals surface area (Å²) in [5.41, 5.74) is 5.62. The highest BCUT2D eigenvalue weighted by molar-refractivity contribution is 5.98. The van der Waals surface area contributed by atoms with Crippen molar-refractivity contribution in [1.82, 2.24) is 19.9 Å². The van der Waals surface area contributed by atoms with Gasteiger partial charge >= 0.3 is 0 Å². The van der Waals surface area contributed by atoms with Crippen molar-refractivity contribution in [2.45, 2.75) is 26.1 Å². The molecule has 218 valence electrons. The minimum Gasteiger partial charge on any atom is -0.454 e. The van der Waals surface area contributed by atoms with Gasteiger partial charge in [0, 0.05) is 32.0 Å². The van der Waals surface area contributed by atoms with Crippen LogP contribution in [0.3, 0.4) is 0 Å². The number of hydrogen-bond acceptors (Lipinski definition) is 7. The molecule has 0 saturated carbocycles. The third-order valence-electron chi connectivity index (χ3n) is 7.42. The fourth-order valence-electron chi connectivity index (χ4n) is 5.08. The third kappa shape index (κ3) is 5.99. The number of anilines is 2. The van der Waals surface area contributed by atoms with E-state index < -0.39 is 6.04 Å². The number of para-hydroxylation sites is 1. The molecular weight excluding hydrogens is 544 g/mol. The molecule has 0 fully saturated rings. The van der Waals surface area contributed by atoms with Crippen LogP contribution >= 0.6 is 0 Å². The number of hydrogen-bond donors (Lipinski definition) is 1. The minimum atomic E-state index is -0.994. The number of nitrogens with zero attached hydrogens (tertiary/aromatic N) is 5. The second-order valence-corrected chi connectivity index (χ2v) is 10.7. The van der Waals surface area contributed by atoms with Gasteiger partial charge in [-0.3, -0.25) is 9.59 Å². The Hall–Kier alpha value is -5.38. The van der Waals surface area contributed by atoms with E-state index in [1.54, 1.807) is 27.8 Å². The van der Waals surface area contributed by atoms with Crippen LogP contribution in [0.5, 0.6) is 11.5 Å². The number of nitrogens with one attached hydrogen (secondary N) is 1. The molecular formula is C33H32N6O4. The lowest BCUT2D eigenvalue weighted by molar-refractivity contribution is -0.140. The van der Waals surface area contributed by atoms with E-state index in [1.807, 2.05) is 98.7 Å². The number of amides is 2. The van der Waals surface area contributed by atoms with Gasteiger partial charge in [-0.15, -0.1) is 5.10 Å². The lowest BCUT2D eigenvalue weighted by atomic mass is 10.0. The van der Waals surface area contributed by atoms with Gasteiger partial charge in [0.1, 0.15) is 18.1 Å². The summed E-state index contributed by atoms with van der Waals surface area (Å²) >= 11 is 0. The fourth-order valence-corrected chi connectivity index (χ4v) is 5.08. The van der Waals surface area contributed by atoms with Crippen LogP contribution < -0.4 is 19.7 Å². The summed E-state index contributed by atoms with van der Waals surface area (Å²) in [5.74, 6) is 0.459. The van der Waals surface area contributed by atoms with Crippen molar-refractivity contribution in [2.24, 2.45) is 0 Å². The number of carbonyl (C=O) groups excluding carboxylic acids is 2. The zero-order valence-electron chi connectivity index (χ0n) is 24.2. The molecule has 1 aliphatic heterocycles. The van der Waals surface area contributed by atoms with Crippen molar-refractivity contribution in [2.75, 3.05) is 31.1 Å². The molecule has 1 N–H and O–H groups in total. The van der Waals surface area contributed by atoms with Gasteiger partial charge in [0.25, 0.3) is 5.91 Å². The molecule has 1 atom stereocenters. The molecule has 10 nitrogen and oxygen atoms in total. The SMILES string of the molecule is Cc1ccc(CN(C(=O)Cn2nnc3ccccc32)C(C(=O)Nc2ccc(N(C)C)cc2)c2ccc3c(c2)OCO3)cc1. The van der Waals surface area contributed by atoms with Crippen molar-refractivity contribution in [3.05, 3.63) is 108 Å². The van der Waals surface area contributed by atoms with E-state index in [0.29, 0.717) is 28.3 Å². The minimum absolute atomic E-state index is 0.0965. The molecule has 1 aromatic heterocycles. The summed E-state index contributed by atoms with van der Waals surface area (Å²) in [6, 6.07) is 27.3. The maximum Gasteiger partial charge on any atom is 0.251 e. The van der Waals surface area contributed by atoms with E-state index in [2.05, 4.69) is 15.6 Å². The van der Waals surface area contributed by atoms with Gasteiger partial charge in [-0.2, -0.15) is 0 Å². The fraction of sp³-hybridized carbons (Fsp3) is 0.212. The molecule has 0 spiro atoms. The number of benzene rings is 4. The molecule has 0 aliphatic carbocycles. The van der Waals surface area contributed by atoms with Crippen LogP contribution in [0, 0.1) is 6.92 Å². The first-order valence-corrected chi connectivity index (χ1v) is 14.0. The molecule has 0 radical (unpaired) electrons. The predicted octanol–water partition coefficient (Wildman–Crippen LogP) is 4.94. The molecule has 1 aliphatic rings. The maximum absolute atomic E-state index is 14.2. The second-order valence-electron chi connectivity index (χ2n) is 10.7. The Morgan fingerprint density at radius 2 is 1.67 bits per heavy atom. The zero-order valence-corrected chi connectivity index (χ0v) is 24.2. The highest BCUT2D eigenvalue weighted by Crippen LogP contribution is 2.36. The number of aromatic nitrogens is 3. The van der Waals surface area contributed by atoms with Crippen molar-refractivity contribution in [3.8, 4) is 11.5 Å².